The third-order valence-electron chi connectivity index (χ3n) is 7.04. The van der Waals surface area contributed by atoms with Gasteiger partial charge >= 0.3 is 6.18 Å². The van der Waals surface area contributed by atoms with E-state index >= 15 is 0 Å². The van der Waals surface area contributed by atoms with Crippen molar-refractivity contribution in [3.63, 3.8) is 0 Å². The molecule has 230 valence electrons. The van der Waals surface area contributed by atoms with E-state index in [9.17, 15) is 21.6 Å². The SMILES string of the molecule is CCc1nnc(NS(=O)(=O)c2ccc(NC(=S)N3CCN(c4ncnc5[nH]c6cc(C(F)(F)F)c(Cl)cc6c45)CC3)cc2)s1. The molecule has 0 unspecified atom stereocenters. The Bertz CT molecular complexity index is 1970. The molecule has 3 aromatic heterocycles. The van der Waals surface area contributed by atoms with Crippen molar-refractivity contribution in [3.8, 4) is 0 Å². The van der Waals surface area contributed by atoms with Gasteiger partial charge in [0.15, 0.2) is 5.11 Å². The molecule has 1 saturated heterocycles. The zero-order chi connectivity index (χ0) is 31.2. The summed E-state index contributed by atoms with van der Waals surface area (Å²) in [5.41, 5.74) is 0.374. The predicted octanol–water partition coefficient (Wildman–Crippen LogP) is 5.52. The van der Waals surface area contributed by atoms with E-state index < -0.39 is 26.8 Å². The number of aryl methyl sites for hydroxylation is 1. The highest BCUT2D eigenvalue weighted by molar-refractivity contribution is 7.93. The van der Waals surface area contributed by atoms with Gasteiger partial charge in [-0.05, 0) is 55.0 Å². The summed E-state index contributed by atoms with van der Waals surface area (Å²) in [4.78, 5) is 15.7. The van der Waals surface area contributed by atoms with E-state index in [-0.39, 0.29) is 15.5 Å². The Morgan fingerprint density at radius 3 is 2.50 bits per heavy atom. The van der Waals surface area contributed by atoms with Crippen molar-refractivity contribution in [2.45, 2.75) is 24.4 Å². The Morgan fingerprint density at radius 2 is 1.84 bits per heavy atom. The second kappa shape index (κ2) is 11.6. The minimum Gasteiger partial charge on any atom is -0.352 e. The van der Waals surface area contributed by atoms with Crippen molar-refractivity contribution in [3.05, 3.63) is 58.3 Å². The van der Waals surface area contributed by atoms with Gasteiger partial charge in [0, 0.05) is 42.8 Å². The van der Waals surface area contributed by atoms with Crippen molar-refractivity contribution in [1.29, 1.82) is 0 Å². The van der Waals surface area contributed by atoms with Crippen LogP contribution in [0.5, 0.6) is 0 Å². The molecule has 0 bridgehead atoms. The summed E-state index contributed by atoms with van der Waals surface area (Å²) in [6.07, 6.45) is -2.56. The molecule has 44 heavy (non-hydrogen) atoms. The molecule has 0 spiro atoms. The van der Waals surface area contributed by atoms with Gasteiger partial charge in [-0.1, -0.05) is 29.9 Å². The smallest absolute Gasteiger partial charge is 0.352 e. The lowest BCUT2D eigenvalue weighted by Gasteiger charge is -2.37. The fraction of sp³-hybridized carbons (Fsp3) is 0.269. The van der Waals surface area contributed by atoms with E-state index in [1.807, 2.05) is 16.7 Å². The molecule has 18 heteroatoms. The molecule has 4 heterocycles. The fourth-order valence-corrected chi connectivity index (χ4v) is 7.32. The standard InChI is InChI=1S/C26H23ClF3N9O2S3/c1-2-20-35-36-24(43-20)37-44(40,41)15-5-3-14(4-6-15)33-25(42)39-9-7-38(8-10-39)23-21-16-11-18(27)17(26(28,29)30)12-19(16)34-22(21)31-13-32-23/h3-6,11-13H,2,7-10H2,1H3,(H,33,42)(H,36,37)(H,31,32,34). The fourth-order valence-electron chi connectivity index (χ4n) is 4.84. The van der Waals surface area contributed by atoms with E-state index in [1.165, 1.54) is 35.9 Å². The number of aromatic amines is 1. The van der Waals surface area contributed by atoms with Crippen LogP contribution in [0.15, 0.2) is 47.6 Å². The minimum atomic E-state index is -4.59. The van der Waals surface area contributed by atoms with Gasteiger partial charge in [-0.15, -0.1) is 10.2 Å². The van der Waals surface area contributed by atoms with Gasteiger partial charge < -0.3 is 20.1 Å². The number of thiocarbonyl (C=S) groups is 1. The second-order valence-electron chi connectivity index (χ2n) is 9.81. The Morgan fingerprint density at radius 1 is 1.11 bits per heavy atom. The first-order valence-corrected chi connectivity index (χ1v) is 16.3. The van der Waals surface area contributed by atoms with Crippen LogP contribution in [0.4, 0.5) is 29.8 Å². The highest BCUT2D eigenvalue weighted by atomic mass is 35.5. The number of anilines is 3. The molecule has 0 saturated carbocycles. The zero-order valence-corrected chi connectivity index (χ0v) is 26.0. The number of hydrogen-bond donors (Lipinski definition) is 3. The van der Waals surface area contributed by atoms with Crippen molar-refractivity contribution in [2.24, 2.45) is 0 Å². The van der Waals surface area contributed by atoms with Gasteiger partial charge in [0.2, 0.25) is 5.13 Å². The Kier molecular flexibility index (Phi) is 7.98. The summed E-state index contributed by atoms with van der Waals surface area (Å²) < 4.78 is 68.1. The van der Waals surface area contributed by atoms with Crippen LogP contribution in [0.2, 0.25) is 5.02 Å². The number of nitrogens with zero attached hydrogens (tertiary/aromatic N) is 6. The summed E-state index contributed by atoms with van der Waals surface area (Å²) in [5, 5.41) is 13.0. The molecule has 1 aliphatic rings. The number of H-pyrrole nitrogens is 1. The number of aromatic nitrogens is 5. The van der Waals surface area contributed by atoms with Gasteiger partial charge in [0.1, 0.15) is 22.8 Å². The lowest BCUT2D eigenvalue weighted by atomic mass is 10.1. The number of hydrogen-bond acceptors (Lipinski definition) is 9. The van der Waals surface area contributed by atoms with Gasteiger partial charge in [-0.2, -0.15) is 13.2 Å². The quantitative estimate of drug-likeness (QED) is 0.197. The van der Waals surface area contributed by atoms with Gasteiger partial charge in [-0.25, -0.2) is 18.4 Å². The molecule has 2 aromatic carbocycles. The third kappa shape index (κ3) is 5.96. The molecule has 0 aliphatic carbocycles. The number of halogens is 4. The molecule has 1 aliphatic heterocycles. The van der Waals surface area contributed by atoms with Crippen LogP contribution < -0.4 is 14.9 Å². The lowest BCUT2D eigenvalue weighted by Crippen LogP contribution is -2.50. The first-order valence-electron chi connectivity index (χ1n) is 13.2. The van der Waals surface area contributed by atoms with Crippen molar-refractivity contribution >= 4 is 88.9 Å². The van der Waals surface area contributed by atoms with Crippen LogP contribution >= 0.6 is 35.2 Å². The molecular formula is C26H23ClF3N9O2S3. The van der Waals surface area contributed by atoms with Crippen LogP contribution in [0, 0.1) is 0 Å². The molecule has 11 nitrogen and oxygen atoms in total. The first-order chi connectivity index (χ1) is 20.9. The minimum absolute atomic E-state index is 0.0696. The molecule has 6 rings (SSSR count). The largest absolute Gasteiger partial charge is 0.417 e. The third-order valence-corrected chi connectivity index (χ3v) is 10.2. The Balaban J connectivity index is 1.12. The Labute approximate surface area is 263 Å². The summed E-state index contributed by atoms with van der Waals surface area (Å²) in [5.74, 6) is 0.584. The van der Waals surface area contributed by atoms with E-state index in [0.717, 1.165) is 11.1 Å². The highest BCUT2D eigenvalue weighted by Crippen LogP contribution is 2.40. The predicted molar refractivity (Wildman–Crippen MR) is 168 cm³/mol. The first kappa shape index (κ1) is 30.2. The van der Waals surface area contributed by atoms with Crippen molar-refractivity contribution in [2.75, 3.05) is 41.1 Å². The number of benzene rings is 2. The number of sulfonamides is 1. The molecule has 0 radical (unpaired) electrons. The molecule has 0 atom stereocenters. The van der Waals surface area contributed by atoms with Crippen molar-refractivity contribution in [1.82, 2.24) is 30.0 Å². The molecule has 5 aromatic rings. The molecule has 3 N–H and O–H groups in total. The van der Waals surface area contributed by atoms with Crippen LogP contribution in [0.25, 0.3) is 21.9 Å². The van der Waals surface area contributed by atoms with Gasteiger partial charge in [0.25, 0.3) is 10.0 Å². The molecule has 1 fully saturated rings. The van der Waals surface area contributed by atoms with E-state index in [2.05, 4.69) is 35.2 Å². The molecule has 0 amide bonds. The van der Waals surface area contributed by atoms with Gasteiger partial charge in [-0.3, -0.25) is 4.72 Å². The Hall–Kier alpha value is -3.80. The summed E-state index contributed by atoms with van der Waals surface area (Å²) in [6, 6.07) is 8.48. The summed E-state index contributed by atoms with van der Waals surface area (Å²) in [7, 11) is -3.83. The van der Waals surface area contributed by atoms with Crippen LogP contribution in [0.1, 0.15) is 17.5 Å². The number of fused-ring (bicyclic) bond motifs is 3. The summed E-state index contributed by atoms with van der Waals surface area (Å²) in [6.45, 7) is 4.05. The normalized spacial score (nSPS) is 14.4. The summed E-state index contributed by atoms with van der Waals surface area (Å²) >= 11 is 12.8. The van der Waals surface area contributed by atoms with E-state index in [4.69, 9.17) is 23.8 Å². The van der Waals surface area contributed by atoms with Crippen LogP contribution in [-0.4, -0.2) is 69.8 Å². The maximum absolute atomic E-state index is 13.4. The number of nitrogens with one attached hydrogen (secondary N) is 3. The average molecular weight is 682 g/mol. The highest BCUT2D eigenvalue weighted by Gasteiger charge is 2.34. The number of rotatable bonds is 6. The second-order valence-corrected chi connectivity index (χ2v) is 13.3. The zero-order valence-electron chi connectivity index (χ0n) is 22.8. The maximum atomic E-state index is 13.4. The lowest BCUT2D eigenvalue weighted by molar-refractivity contribution is -0.137. The number of piperazine rings is 1. The topological polar surface area (TPSA) is 132 Å². The van der Waals surface area contributed by atoms with Crippen LogP contribution in [-0.2, 0) is 22.6 Å². The van der Waals surface area contributed by atoms with E-state index in [0.29, 0.717) is 65.6 Å². The average Bonchev–Trinajstić information content (AvgIpc) is 3.60. The maximum Gasteiger partial charge on any atom is 0.417 e. The molecular weight excluding hydrogens is 659 g/mol. The van der Waals surface area contributed by atoms with Gasteiger partial charge in [0.05, 0.1) is 20.9 Å². The van der Waals surface area contributed by atoms with Crippen molar-refractivity contribution < 1.29 is 21.6 Å². The number of alkyl halides is 3. The van der Waals surface area contributed by atoms with Crippen LogP contribution in [0.3, 0.4) is 0 Å². The monoisotopic (exact) mass is 681 g/mol. The van der Waals surface area contributed by atoms with E-state index in [1.54, 1.807) is 12.1 Å².